The molecule has 0 aliphatic heterocycles. The van der Waals surface area contributed by atoms with Crippen LogP contribution in [0.3, 0.4) is 0 Å². The lowest BCUT2D eigenvalue weighted by Crippen LogP contribution is -1.91. The summed E-state index contributed by atoms with van der Waals surface area (Å²) in [5, 5.41) is 1.04. The molecule has 0 spiro atoms. The topological polar surface area (TPSA) is 4.93 Å². The molecule has 0 fully saturated rings. The molecule has 1 nitrogen and oxygen atoms in total. The molecule has 0 aliphatic carbocycles. The van der Waals surface area contributed by atoms with Crippen LogP contribution in [0.15, 0.2) is 58.0 Å². The number of hydrogen-bond donors (Lipinski definition) is 0. The maximum Gasteiger partial charge on any atom is 0.142 e. The van der Waals surface area contributed by atoms with E-state index in [2.05, 4.69) is 15.9 Å². The highest BCUT2D eigenvalue weighted by molar-refractivity contribution is 9.10. The quantitative estimate of drug-likeness (QED) is 0.606. The van der Waals surface area contributed by atoms with Crippen LogP contribution in [0.4, 0.5) is 4.39 Å². The molecule has 0 unspecified atom stereocenters. The van der Waals surface area contributed by atoms with E-state index < -0.39 is 0 Å². The third-order valence-corrected chi connectivity index (χ3v) is 4.57. The summed E-state index contributed by atoms with van der Waals surface area (Å²) < 4.78 is 16.5. The lowest BCUT2D eigenvalue weighted by Gasteiger charge is -2.08. The van der Waals surface area contributed by atoms with Gasteiger partial charge in [0, 0.05) is 22.0 Å². The first-order chi connectivity index (χ1) is 9.16. The summed E-state index contributed by atoms with van der Waals surface area (Å²) in [6, 6.07) is 13.9. The van der Waals surface area contributed by atoms with Crippen LogP contribution in [0.25, 0.3) is 10.9 Å². The van der Waals surface area contributed by atoms with Gasteiger partial charge in [0.25, 0.3) is 0 Å². The van der Waals surface area contributed by atoms with E-state index in [0.29, 0.717) is 10.0 Å². The number of nitrogens with zero attached hydrogens (tertiary/aromatic N) is 1. The fourth-order valence-corrected chi connectivity index (χ4v) is 3.59. The predicted molar refractivity (Wildman–Crippen MR) is 82.0 cm³/mol. The molecular weight excluding hydrogens is 325 g/mol. The molecule has 96 valence electrons. The molecule has 0 radical (unpaired) electrons. The van der Waals surface area contributed by atoms with Crippen molar-refractivity contribution in [3.63, 3.8) is 0 Å². The Balaban J connectivity index is 2.13. The van der Waals surface area contributed by atoms with Gasteiger partial charge in [0.2, 0.25) is 0 Å². The summed E-state index contributed by atoms with van der Waals surface area (Å²) in [6.07, 6.45) is 1.97. The zero-order chi connectivity index (χ0) is 13.4. The minimum Gasteiger partial charge on any atom is -0.287 e. The Kier molecular flexibility index (Phi) is 3.37. The van der Waals surface area contributed by atoms with Crippen molar-refractivity contribution in [3.05, 3.63) is 64.5 Å². The zero-order valence-electron chi connectivity index (χ0n) is 10.2. The van der Waals surface area contributed by atoms with Gasteiger partial charge in [-0.15, -0.1) is 0 Å². The van der Waals surface area contributed by atoms with E-state index in [1.807, 2.05) is 59.6 Å². The van der Waals surface area contributed by atoms with Gasteiger partial charge in [-0.1, -0.05) is 18.2 Å². The average Bonchev–Trinajstić information content (AvgIpc) is 2.80. The van der Waals surface area contributed by atoms with Crippen molar-refractivity contribution in [2.45, 2.75) is 11.8 Å². The molecule has 3 aromatic rings. The molecule has 0 N–H and O–H groups in total. The Bertz CT molecular complexity index is 737. The Morgan fingerprint density at radius 1 is 1.16 bits per heavy atom. The maximum atomic E-state index is 14.0. The van der Waals surface area contributed by atoms with Crippen LogP contribution in [-0.4, -0.2) is 3.97 Å². The highest BCUT2D eigenvalue weighted by Crippen LogP contribution is 2.32. The van der Waals surface area contributed by atoms with Crippen molar-refractivity contribution in [1.29, 1.82) is 0 Å². The number of aromatic nitrogens is 1. The van der Waals surface area contributed by atoms with Crippen molar-refractivity contribution >= 4 is 38.8 Å². The molecule has 0 saturated carbocycles. The molecule has 4 heteroatoms. The SMILES string of the molecule is Cc1c(F)c(Br)cc2ccn(Sc3ccccc3)c12. The van der Waals surface area contributed by atoms with Crippen LogP contribution >= 0.6 is 27.9 Å². The van der Waals surface area contributed by atoms with Crippen LogP contribution in [-0.2, 0) is 0 Å². The Morgan fingerprint density at radius 2 is 1.89 bits per heavy atom. The van der Waals surface area contributed by atoms with Gasteiger partial charge in [0.05, 0.1) is 9.99 Å². The van der Waals surface area contributed by atoms with Gasteiger partial charge < -0.3 is 0 Å². The number of fused-ring (bicyclic) bond motifs is 1. The maximum absolute atomic E-state index is 14.0. The number of halogens is 2. The smallest absolute Gasteiger partial charge is 0.142 e. The number of rotatable bonds is 2. The first kappa shape index (κ1) is 12.8. The van der Waals surface area contributed by atoms with Crippen molar-refractivity contribution in [3.8, 4) is 0 Å². The first-order valence-corrected chi connectivity index (χ1v) is 7.42. The van der Waals surface area contributed by atoms with Crippen LogP contribution in [0.2, 0.25) is 0 Å². The summed E-state index contributed by atoms with van der Waals surface area (Å²) >= 11 is 4.84. The van der Waals surface area contributed by atoms with E-state index in [4.69, 9.17) is 0 Å². The van der Waals surface area contributed by atoms with Gasteiger partial charge in [-0.2, -0.15) is 0 Å². The summed E-state index contributed by atoms with van der Waals surface area (Å²) in [6.45, 7) is 1.81. The van der Waals surface area contributed by atoms with Crippen LogP contribution < -0.4 is 0 Å². The van der Waals surface area contributed by atoms with E-state index in [9.17, 15) is 4.39 Å². The van der Waals surface area contributed by atoms with Gasteiger partial charge in [-0.05, 0) is 59.1 Å². The molecule has 3 rings (SSSR count). The lowest BCUT2D eigenvalue weighted by atomic mass is 10.1. The fourth-order valence-electron chi connectivity index (χ4n) is 2.08. The number of benzene rings is 2. The van der Waals surface area contributed by atoms with E-state index in [0.717, 1.165) is 15.8 Å². The number of hydrogen-bond acceptors (Lipinski definition) is 1. The Labute approximate surface area is 123 Å². The number of aryl methyl sites for hydroxylation is 1. The third-order valence-electron chi connectivity index (χ3n) is 3.01. The van der Waals surface area contributed by atoms with E-state index in [1.54, 1.807) is 11.9 Å². The summed E-state index contributed by atoms with van der Waals surface area (Å²) in [5.41, 5.74) is 1.59. The van der Waals surface area contributed by atoms with Gasteiger partial charge in [-0.3, -0.25) is 3.97 Å². The standard InChI is InChI=1S/C15H11BrFNS/c1-10-14(17)13(16)9-11-7-8-18(15(10)11)19-12-5-3-2-4-6-12/h2-9H,1H3. The molecule has 0 amide bonds. The van der Waals surface area contributed by atoms with Gasteiger partial charge >= 0.3 is 0 Å². The first-order valence-electron chi connectivity index (χ1n) is 5.86. The normalized spacial score (nSPS) is 11.1. The van der Waals surface area contributed by atoms with Crippen molar-refractivity contribution < 1.29 is 4.39 Å². The van der Waals surface area contributed by atoms with Gasteiger partial charge in [0.1, 0.15) is 5.82 Å². The van der Waals surface area contributed by atoms with Crippen LogP contribution in [0.5, 0.6) is 0 Å². The second kappa shape index (κ2) is 5.02. The molecule has 0 saturated heterocycles. The van der Waals surface area contributed by atoms with Crippen molar-refractivity contribution in [2.75, 3.05) is 0 Å². The van der Waals surface area contributed by atoms with Gasteiger partial charge in [0.15, 0.2) is 0 Å². The Hall–Kier alpha value is -1.26. The summed E-state index contributed by atoms with van der Waals surface area (Å²) in [4.78, 5) is 1.13. The molecule has 0 atom stereocenters. The van der Waals surface area contributed by atoms with E-state index >= 15 is 0 Å². The second-order valence-electron chi connectivity index (χ2n) is 4.28. The Morgan fingerprint density at radius 3 is 2.63 bits per heavy atom. The highest BCUT2D eigenvalue weighted by Gasteiger charge is 2.12. The summed E-state index contributed by atoms with van der Waals surface area (Å²) in [5.74, 6) is -0.193. The molecular formula is C15H11BrFNS. The third kappa shape index (κ3) is 2.30. The van der Waals surface area contributed by atoms with Crippen LogP contribution in [0, 0.1) is 12.7 Å². The minimum absolute atomic E-state index is 0.193. The monoisotopic (exact) mass is 335 g/mol. The van der Waals surface area contributed by atoms with E-state index in [-0.39, 0.29) is 5.82 Å². The van der Waals surface area contributed by atoms with Crippen LogP contribution in [0.1, 0.15) is 5.56 Å². The highest BCUT2D eigenvalue weighted by atomic mass is 79.9. The largest absolute Gasteiger partial charge is 0.287 e. The molecule has 0 aliphatic rings. The molecule has 1 aromatic heterocycles. The predicted octanol–water partition coefficient (Wildman–Crippen LogP) is 5.41. The molecule has 2 aromatic carbocycles. The lowest BCUT2D eigenvalue weighted by molar-refractivity contribution is 0.614. The van der Waals surface area contributed by atoms with Crippen molar-refractivity contribution in [2.24, 2.45) is 0 Å². The average molecular weight is 336 g/mol. The zero-order valence-corrected chi connectivity index (χ0v) is 12.6. The second-order valence-corrected chi connectivity index (χ2v) is 6.18. The van der Waals surface area contributed by atoms with E-state index in [1.165, 1.54) is 0 Å². The van der Waals surface area contributed by atoms with Gasteiger partial charge in [-0.25, -0.2) is 4.39 Å². The molecule has 1 heterocycles. The van der Waals surface area contributed by atoms with Crippen molar-refractivity contribution in [1.82, 2.24) is 3.97 Å². The minimum atomic E-state index is -0.193. The summed E-state index contributed by atoms with van der Waals surface area (Å²) in [7, 11) is 0. The molecule has 19 heavy (non-hydrogen) atoms. The fraction of sp³-hybridized carbons (Fsp3) is 0.0667. The molecule has 0 bridgehead atoms.